The molecule has 2 aromatic heterocycles. The number of halogens is 2. The van der Waals surface area contributed by atoms with E-state index in [2.05, 4.69) is 10.2 Å². The Morgan fingerprint density at radius 3 is 2.59 bits per heavy atom. The molecule has 1 aromatic carbocycles. The van der Waals surface area contributed by atoms with E-state index in [4.69, 9.17) is 0 Å². The number of aliphatic hydroxyl groups is 1. The SMILES string of the molecule is O=C1C(=O)N(c2nncs2)C(c2cccs2)/C1=C(\O)c1ccc(F)c(F)c1. The van der Waals surface area contributed by atoms with Crippen molar-refractivity contribution in [3.8, 4) is 0 Å². The van der Waals surface area contributed by atoms with Crippen molar-refractivity contribution >= 4 is 45.3 Å². The molecule has 0 aliphatic carbocycles. The van der Waals surface area contributed by atoms with Gasteiger partial charge >= 0.3 is 5.91 Å². The van der Waals surface area contributed by atoms with Gasteiger partial charge in [-0.2, -0.15) is 0 Å². The second kappa shape index (κ2) is 6.63. The van der Waals surface area contributed by atoms with Gasteiger partial charge in [0.05, 0.1) is 5.57 Å². The second-order valence-corrected chi connectivity index (χ2v) is 7.33. The summed E-state index contributed by atoms with van der Waals surface area (Å²) in [7, 11) is 0. The number of hydrogen-bond donors (Lipinski definition) is 1. The highest BCUT2D eigenvalue weighted by Crippen LogP contribution is 2.43. The molecule has 0 bridgehead atoms. The number of benzene rings is 1. The summed E-state index contributed by atoms with van der Waals surface area (Å²) in [6, 6.07) is 5.24. The van der Waals surface area contributed by atoms with Crippen LogP contribution in [0.5, 0.6) is 0 Å². The van der Waals surface area contributed by atoms with Gasteiger partial charge in [-0.05, 0) is 29.6 Å². The molecule has 3 heterocycles. The first-order chi connectivity index (χ1) is 13.0. The van der Waals surface area contributed by atoms with Gasteiger partial charge in [0.25, 0.3) is 5.78 Å². The minimum atomic E-state index is -1.18. The number of nitrogens with zero attached hydrogens (tertiary/aromatic N) is 3. The molecule has 1 N–H and O–H groups in total. The first kappa shape index (κ1) is 17.4. The van der Waals surface area contributed by atoms with Gasteiger partial charge in [-0.3, -0.25) is 14.5 Å². The number of Topliss-reactive ketones (excluding diaryl/α,β-unsaturated/α-hetero) is 1. The lowest BCUT2D eigenvalue weighted by atomic mass is 10.00. The average Bonchev–Trinajstić information content (AvgIpc) is 3.39. The molecule has 0 spiro atoms. The topological polar surface area (TPSA) is 83.4 Å². The summed E-state index contributed by atoms with van der Waals surface area (Å²) in [5.74, 6) is -4.67. The normalized spacial score (nSPS) is 19.0. The van der Waals surface area contributed by atoms with Crippen LogP contribution in [0.25, 0.3) is 5.76 Å². The van der Waals surface area contributed by atoms with E-state index in [9.17, 15) is 23.5 Å². The molecule has 27 heavy (non-hydrogen) atoms. The molecule has 136 valence electrons. The highest BCUT2D eigenvalue weighted by Gasteiger charge is 2.48. The maximum atomic E-state index is 13.6. The standard InChI is InChI=1S/C17H9F2N3O3S2/c18-9-4-3-8(6-10(9)19)14(23)12-13(11-2-1-5-26-11)22(16(25)15(12)24)17-21-20-7-27-17/h1-7,13,23H/b14-12+. The van der Waals surface area contributed by atoms with E-state index in [-0.39, 0.29) is 16.3 Å². The Labute approximate surface area is 159 Å². The fraction of sp³-hybridized carbons (Fsp3) is 0.0588. The van der Waals surface area contributed by atoms with E-state index in [0.717, 1.165) is 34.4 Å². The zero-order valence-corrected chi connectivity index (χ0v) is 14.9. The number of aromatic nitrogens is 2. The molecule has 1 aliphatic rings. The summed E-state index contributed by atoms with van der Waals surface area (Å²) in [5.41, 5.74) is 1.09. The van der Waals surface area contributed by atoms with Gasteiger partial charge in [0.1, 0.15) is 17.3 Å². The number of hydrogen-bond acceptors (Lipinski definition) is 7. The molecule has 0 saturated carbocycles. The number of ketones is 1. The molecule has 1 unspecified atom stereocenters. The molecule has 3 aromatic rings. The first-order valence-electron chi connectivity index (χ1n) is 7.55. The summed E-state index contributed by atoms with van der Waals surface area (Å²) in [5, 5.41) is 20.2. The van der Waals surface area contributed by atoms with Gasteiger partial charge in [-0.1, -0.05) is 17.4 Å². The number of rotatable bonds is 3. The van der Waals surface area contributed by atoms with Crippen LogP contribution < -0.4 is 4.90 Å². The monoisotopic (exact) mass is 405 g/mol. The summed E-state index contributed by atoms with van der Waals surface area (Å²) in [4.78, 5) is 27.0. The van der Waals surface area contributed by atoms with E-state index in [0.29, 0.717) is 4.88 Å². The maximum absolute atomic E-state index is 13.6. The van der Waals surface area contributed by atoms with Gasteiger partial charge in [-0.15, -0.1) is 21.5 Å². The minimum Gasteiger partial charge on any atom is -0.507 e. The number of amides is 1. The predicted molar refractivity (Wildman–Crippen MR) is 95.4 cm³/mol. The summed E-state index contributed by atoms with van der Waals surface area (Å²) in [6.07, 6.45) is 0. The van der Waals surface area contributed by atoms with E-state index in [1.165, 1.54) is 16.8 Å². The lowest BCUT2D eigenvalue weighted by Gasteiger charge is -2.20. The molecule has 6 nitrogen and oxygen atoms in total. The minimum absolute atomic E-state index is 0.106. The molecule has 1 amide bonds. The average molecular weight is 405 g/mol. The summed E-state index contributed by atoms with van der Waals surface area (Å²) < 4.78 is 26.8. The predicted octanol–water partition coefficient (Wildman–Crippen LogP) is 3.50. The third-order valence-corrected chi connectivity index (χ3v) is 5.62. The largest absolute Gasteiger partial charge is 0.507 e. The van der Waals surface area contributed by atoms with Crippen LogP contribution in [0.3, 0.4) is 0 Å². The van der Waals surface area contributed by atoms with Crippen molar-refractivity contribution in [3.63, 3.8) is 0 Å². The molecule has 4 rings (SSSR count). The Hall–Kier alpha value is -2.98. The molecule has 1 aliphatic heterocycles. The van der Waals surface area contributed by atoms with Crippen molar-refractivity contribution in [3.05, 3.63) is 68.9 Å². The van der Waals surface area contributed by atoms with E-state index >= 15 is 0 Å². The second-order valence-electron chi connectivity index (χ2n) is 5.53. The molecule has 10 heteroatoms. The summed E-state index contributed by atoms with van der Waals surface area (Å²) >= 11 is 2.34. The molecule has 1 saturated heterocycles. The Balaban J connectivity index is 1.93. The van der Waals surface area contributed by atoms with Crippen LogP contribution >= 0.6 is 22.7 Å². The third-order valence-electron chi connectivity index (χ3n) is 4.00. The molecule has 1 fully saturated rings. The van der Waals surface area contributed by atoms with Gasteiger partial charge < -0.3 is 5.11 Å². The van der Waals surface area contributed by atoms with Crippen LogP contribution in [0.4, 0.5) is 13.9 Å². The summed E-state index contributed by atoms with van der Waals surface area (Å²) in [6.45, 7) is 0. The number of thiophene rings is 1. The van der Waals surface area contributed by atoms with Crippen LogP contribution in [0.1, 0.15) is 16.5 Å². The number of carbonyl (C=O) groups is 2. The van der Waals surface area contributed by atoms with Gasteiger partial charge in [0.15, 0.2) is 11.6 Å². The fourth-order valence-electron chi connectivity index (χ4n) is 2.82. The van der Waals surface area contributed by atoms with E-state index in [1.54, 1.807) is 17.5 Å². The smallest absolute Gasteiger partial charge is 0.301 e. The lowest BCUT2D eigenvalue weighted by molar-refractivity contribution is -0.132. The third kappa shape index (κ3) is 2.82. The van der Waals surface area contributed by atoms with Crippen LogP contribution in [0.2, 0.25) is 0 Å². The van der Waals surface area contributed by atoms with Crippen molar-refractivity contribution in [1.82, 2.24) is 10.2 Å². The number of anilines is 1. The Morgan fingerprint density at radius 1 is 1.15 bits per heavy atom. The molecular formula is C17H9F2N3O3S2. The van der Waals surface area contributed by atoms with E-state index in [1.807, 2.05) is 0 Å². The van der Waals surface area contributed by atoms with E-state index < -0.39 is 35.1 Å². The molecular weight excluding hydrogens is 396 g/mol. The van der Waals surface area contributed by atoms with Crippen LogP contribution in [-0.4, -0.2) is 27.0 Å². The Bertz CT molecular complexity index is 1070. The fourth-order valence-corrected chi connectivity index (χ4v) is 4.23. The number of aliphatic hydroxyl groups excluding tert-OH is 1. The maximum Gasteiger partial charge on any atom is 0.301 e. The highest BCUT2D eigenvalue weighted by atomic mass is 32.1. The van der Waals surface area contributed by atoms with Crippen molar-refractivity contribution in [2.24, 2.45) is 0 Å². The van der Waals surface area contributed by atoms with Crippen molar-refractivity contribution in [1.29, 1.82) is 0 Å². The molecule has 1 atom stereocenters. The van der Waals surface area contributed by atoms with Crippen molar-refractivity contribution < 1.29 is 23.5 Å². The van der Waals surface area contributed by atoms with Gasteiger partial charge in [0, 0.05) is 10.4 Å². The Morgan fingerprint density at radius 2 is 1.96 bits per heavy atom. The van der Waals surface area contributed by atoms with Gasteiger partial charge in [0.2, 0.25) is 5.13 Å². The quantitative estimate of drug-likeness (QED) is 0.410. The van der Waals surface area contributed by atoms with Crippen molar-refractivity contribution in [2.75, 3.05) is 4.90 Å². The molecule has 0 radical (unpaired) electrons. The zero-order chi connectivity index (χ0) is 19.1. The highest BCUT2D eigenvalue weighted by molar-refractivity contribution is 7.13. The lowest BCUT2D eigenvalue weighted by Crippen LogP contribution is -2.29. The van der Waals surface area contributed by atoms with Crippen molar-refractivity contribution in [2.45, 2.75) is 6.04 Å². The van der Waals surface area contributed by atoms with Crippen LogP contribution in [0.15, 0.2) is 46.8 Å². The van der Waals surface area contributed by atoms with Crippen LogP contribution in [-0.2, 0) is 9.59 Å². The number of carbonyl (C=O) groups excluding carboxylic acids is 2. The van der Waals surface area contributed by atoms with Gasteiger partial charge in [-0.25, -0.2) is 8.78 Å². The first-order valence-corrected chi connectivity index (χ1v) is 9.31. The van der Waals surface area contributed by atoms with Crippen LogP contribution in [0, 0.1) is 11.6 Å². The Kier molecular flexibility index (Phi) is 4.28. The zero-order valence-electron chi connectivity index (χ0n) is 13.3.